The minimum Gasteiger partial charge on any atom is -0.444 e. The third kappa shape index (κ3) is 5.42. The summed E-state index contributed by atoms with van der Waals surface area (Å²) >= 11 is 0. The van der Waals surface area contributed by atoms with Gasteiger partial charge in [-0.2, -0.15) is 0 Å². The molecule has 0 aromatic rings. The Bertz CT molecular complexity index is 282. The van der Waals surface area contributed by atoms with E-state index >= 15 is 0 Å². The lowest BCUT2D eigenvalue weighted by Gasteiger charge is -2.30. The Balaban J connectivity index is 2.03. The van der Waals surface area contributed by atoms with Gasteiger partial charge in [0.25, 0.3) is 0 Å². The number of nitrogens with zero attached hydrogens (tertiary/aromatic N) is 1. The summed E-state index contributed by atoms with van der Waals surface area (Å²) in [5.41, 5.74) is -0.495. The molecule has 6 heteroatoms. The number of likely N-dealkylation sites (tertiary alicyclic amines) is 1. The van der Waals surface area contributed by atoms with Crippen molar-refractivity contribution in [3.05, 3.63) is 0 Å². The molecule has 0 spiro atoms. The van der Waals surface area contributed by atoms with Gasteiger partial charge in [0, 0.05) is 26.2 Å². The van der Waals surface area contributed by atoms with Crippen molar-refractivity contribution in [2.24, 2.45) is 0 Å². The van der Waals surface area contributed by atoms with E-state index in [2.05, 4.69) is 10.6 Å². The average Bonchev–Trinajstić information content (AvgIpc) is 2.06. The van der Waals surface area contributed by atoms with Crippen LogP contribution in [0.2, 0.25) is 0 Å². The Morgan fingerprint density at radius 1 is 1.18 bits per heavy atom. The van der Waals surface area contributed by atoms with Crippen LogP contribution >= 0.6 is 0 Å². The quantitative estimate of drug-likeness (QED) is 0.724. The second-order valence-electron chi connectivity index (χ2n) is 5.00. The van der Waals surface area contributed by atoms with Crippen molar-refractivity contribution in [3.63, 3.8) is 0 Å². The smallest absolute Gasteiger partial charge is 0.407 e. The highest BCUT2D eigenvalue weighted by molar-refractivity contribution is 5.75. The van der Waals surface area contributed by atoms with E-state index in [1.165, 1.54) is 0 Å². The van der Waals surface area contributed by atoms with E-state index in [1.807, 2.05) is 0 Å². The van der Waals surface area contributed by atoms with E-state index in [1.54, 1.807) is 25.7 Å². The van der Waals surface area contributed by atoms with Gasteiger partial charge in [-0.15, -0.1) is 0 Å². The molecule has 0 radical (unpaired) electrons. The predicted octanol–water partition coefficient (Wildman–Crippen LogP) is 0.926. The van der Waals surface area contributed by atoms with Gasteiger partial charge in [-0.05, 0) is 27.2 Å². The van der Waals surface area contributed by atoms with E-state index < -0.39 is 11.7 Å². The molecule has 1 saturated heterocycles. The molecular formula is C11H21N3O3. The number of carbonyl (C=O) groups is 2. The normalized spacial score (nSPS) is 14.9. The van der Waals surface area contributed by atoms with Crippen molar-refractivity contribution in [2.45, 2.75) is 32.8 Å². The zero-order chi connectivity index (χ0) is 12.9. The SMILES string of the molecule is CC(C)(C)OC(=O)NCCNC(=O)N1CCC1. The van der Waals surface area contributed by atoms with Crippen LogP contribution in [0, 0.1) is 0 Å². The minimum absolute atomic E-state index is 0.0674. The molecule has 6 nitrogen and oxygen atoms in total. The fraction of sp³-hybridized carbons (Fsp3) is 0.818. The van der Waals surface area contributed by atoms with Gasteiger partial charge < -0.3 is 20.3 Å². The molecule has 3 amide bonds. The maximum atomic E-state index is 11.4. The Morgan fingerprint density at radius 3 is 2.24 bits per heavy atom. The number of ether oxygens (including phenoxy) is 1. The first-order chi connectivity index (χ1) is 7.88. The standard InChI is InChI=1S/C11H21N3O3/c1-11(2,3)17-10(16)13-6-5-12-9(15)14-7-4-8-14/h4-8H2,1-3H3,(H,12,15)(H,13,16). The fourth-order valence-corrected chi connectivity index (χ4v) is 1.28. The van der Waals surface area contributed by atoms with Gasteiger partial charge in [-0.1, -0.05) is 0 Å². The second kappa shape index (κ2) is 5.75. The Kier molecular flexibility index (Phi) is 4.60. The fourth-order valence-electron chi connectivity index (χ4n) is 1.28. The van der Waals surface area contributed by atoms with Gasteiger partial charge >= 0.3 is 12.1 Å². The highest BCUT2D eigenvalue weighted by Crippen LogP contribution is 2.06. The Hall–Kier alpha value is -1.46. The molecule has 17 heavy (non-hydrogen) atoms. The summed E-state index contributed by atoms with van der Waals surface area (Å²) in [4.78, 5) is 24.3. The molecule has 1 aliphatic rings. The van der Waals surface area contributed by atoms with Crippen molar-refractivity contribution in [1.29, 1.82) is 0 Å². The van der Waals surface area contributed by atoms with E-state index in [0.29, 0.717) is 13.1 Å². The summed E-state index contributed by atoms with van der Waals surface area (Å²) in [6.07, 6.45) is 0.611. The maximum absolute atomic E-state index is 11.4. The number of urea groups is 1. The van der Waals surface area contributed by atoms with Crippen LogP contribution in [0.25, 0.3) is 0 Å². The summed E-state index contributed by atoms with van der Waals surface area (Å²) in [5.74, 6) is 0. The van der Waals surface area contributed by atoms with Crippen molar-refractivity contribution < 1.29 is 14.3 Å². The first kappa shape index (κ1) is 13.6. The van der Waals surface area contributed by atoms with Crippen molar-refractivity contribution in [1.82, 2.24) is 15.5 Å². The molecule has 0 unspecified atom stereocenters. The maximum Gasteiger partial charge on any atom is 0.407 e. The Labute approximate surface area is 102 Å². The van der Waals surface area contributed by atoms with Crippen LogP contribution in [0.4, 0.5) is 9.59 Å². The second-order valence-corrected chi connectivity index (χ2v) is 5.00. The number of hydrogen-bond donors (Lipinski definition) is 2. The van der Waals surface area contributed by atoms with Crippen LogP contribution in [-0.2, 0) is 4.74 Å². The lowest BCUT2D eigenvalue weighted by atomic mass is 10.2. The van der Waals surface area contributed by atoms with Crippen LogP contribution in [0.1, 0.15) is 27.2 Å². The number of alkyl carbamates (subject to hydrolysis) is 1. The molecule has 0 aliphatic carbocycles. The molecule has 1 heterocycles. The molecule has 0 atom stereocenters. The highest BCUT2D eigenvalue weighted by atomic mass is 16.6. The zero-order valence-electron chi connectivity index (χ0n) is 10.7. The van der Waals surface area contributed by atoms with Crippen molar-refractivity contribution >= 4 is 12.1 Å². The lowest BCUT2D eigenvalue weighted by molar-refractivity contribution is 0.0528. The summed E-state index contributed by atoms with van der Waals surface area (Å²) in [7, 11) is 0. The third-order valence-corrected chi connectivity index (χ3v) is 2.21. The van der Waals surface area contributed by atoms with Crippen molar-refractivity contribution in [2.75, 3.05) is 26.2 Å². The largest absolute Gasteiger partial charge is 0.444 e. The topological polar surface area (TPSA) is 70.7 Å². The van der Waals surface area contributed by atoms with Crippen LogP contribution in [0.15, 0.2) is 0 Å². The lowest BCUT2D eigenvalue weighted by Crippen LogP contribution is -2.49. The molecule has 2 N–H and O–H groups in total. The van der Waals surface area contributed by atoms with Crippen LogP contribution in [-0.4, -0.2) is 48.8 Å². The van der Waals surface area contributed by atoms with Gasteiger partial charge in [0.1, 0.15) is 5.60 Å². The molecule has 0 aromatic heterocycles. The molecule has 1 fully saturated rings. The molecule has 1 rings (SSSR count). The molecule has 0 saturated carbocycles. The highest BCUT2D eigenvalue weighted by Gasteiger charge is 2.19. The monoisotopic (exact) mass is 243 g/mol. The number of rotatable bonds is 3. The van der Waals surface area contributed by atoms with Gasteiger partial charge in [0.2, 0.25) is 0 Å². The number of nitrogens with one attached hydrogen (secondary N) is 2. The average molecular weight is 243 g/mol. The van der Waals surface area contributed by atoms with Gasteiger partial charge in [0.15, 0.2) is 0 Å². The van der Waals surface area contributed by atoms with Crippen LogP contribution < -0.4 is 10.6 Å². The summed E-state index contributed by atoms with van der Waals surface area (Å²) in [5, 5.41) is 5.29. The number of hydrogen-bond acceptors (Lipinski definition) is 3. The van der Waals surface area contributed by atoms with Gasteiger partial charge in [-0.25, -0.2) is 9.59 Å². The van der Waals surface area contributed by atoms with E-state index in [0.717, 1.165) is 19.5 Å². The molecule has 0 bridgehead atoms. The molecule has 98 valence electrons. The first-order valence-electron chi connectivity index (χ1n) is 5.88. The number of amides is 3. The molecule has 1 aliphatic heterocycles. The third-order valence-electron chi connectivity index (χ3n) is 2.21. The summed E-state index contributed by atoms with van der Waals surface area (Å²) < 4.78 is 5.05. The van der Waals surface area contributed by atoms with E-state index in [4.69, 9.17) is 4.74 Å². The van der Waals surface area contributed by atoms with Crippen molar-refractivity contribution in [3.8, 4) is 0 Å². The van der Waals surface area contributed by atoms with Crippen LogP contribution in [0.3, 0.4) is 0 Å². The van der Waals surface area contributed by atoms with E-state index in [9.17, 15) is 9.59 Å². The number of carbonyl (C=O) groups excluding carboxylic acids is 2. The zero-order valence-corrected chi connectivity index (χ0v) is 10.7. The summed E-state index contributed by atoms with van der Waals surface area (Å²) in [6, 6.07) is -0.0674. The minimum atomic E-state index is -0.495. The molecule has 0 aromatic carbocycles. The Morgan fingerprint density at radius 2 is 1.76 bits per heavy atom. The van der Waals surface area contributed by atoms with Gasteiger partial charge in [-0.3, -0.25) is 0 Å². The first-order valence-corrected chi connectivity index (χ1v) is 5.88. The predicted molar refractivity (Wildman–Crippen MR) is 63.8 cm³/mol. The summed E-state index contributed by atoms with van der Waals surface area (Å²) in [6.45, 7) is 7.84. The van der Waals surface area contributed by atoms with Gasteiger partial charge in [0.05, 0.1) is 0 Å². The van der Waals surface area contributed by atoms with Crippen LogP contribution in [0.5, 0.6) is 0 Å². The molecular weight excluding hydrogens is 222 g/mol. The van der Waals surface area contributed by atoms with E-state index in [-0.39, 0.29) is 6.03 Å².